The molecule has 3 heterocycles. The minimum absolute atomic E-state index is 0.138. The second kappa shape index (κ2) is 12.3. The van der Waals surface area contributed by atoms with E-state index in [1.165, 1.54) is 23.0 Å². The molecule has 0 bridgehead atoms. The fraction of sp³-hybridized carbons (Fsp3) is 0.258. The smallest absolute Gasteiger partial charge is 0.251 e. The molecule has 4 aromatic rings. The van der Waals surface area contributed by atoms with Gasteiger partial charge in [0.1, 0.15) is 11.0 Å². The van der Waals surface area contributed by atoms with Gasteiger partial charge in [0.15, 0.2) is 16.7 Å². The van der Waals surface area contributed by atoms with E-state index in [0.29, 0.717) is 33.9 Å². The van der Waals surface area contributed by atoms with Crippen LogP contribution in [0, 0.1) is 6.92 Å². The standard InChI is InChI=1S/C31H30ClN5O3S/c1-21-5-2-3-8-25(21)36-11-13-37(14-12-36)29-17-28(32)34-31(35-29)41-19-23-6-4-7-24(15-23)30(38)33-18-22-9-10-26-27(16-22)40-20-39-26/h2-10,15-17H,11-14,18-20H2,1H3,(H,33,38). The molecule has 8 nitrogen and oxygen atoms in total. The van der Waals surface area contributed by atoms with Crippen LogP contribution in [0.5, 0.6) is 11.5 Å². The number of benzene rings is 3. The Morgan fingerprint density at radius 2 is 1.71 bits per heavy atom. The number of aromatic nitrogens is 2. The number of amides is 1. The van der Waals surface area contributed by atoms with E-state index in [4.69, 9.17) is 26.1 Å². The van der Waals surface area contributed by atoms with Crippen LogP contribution in [0.25, 0.3) is 0 Å². The van der Waals surface area contributed by atoms with Gasteiger partial charge in [-0.25, -0.2) is 9.97 Å². The van der Waals surface area contributed by atoms with Gasteiger partial charge in [-0.3, -0.25) is 4.79 Å². The maximum Gasteiger partial charge on any atom is 0.251 e. The molecular formula is C31H30ClN5O3S. The molecule has 1 aromatic heterocycles. The molecule has 0 atom stereocenters. The van der Waals surface area contributed by atoms with Crippen molar-refractivity contribution in [1.82, 2.24) is 15.3 Å². The number of anilines is 2. The number of nitrogens with zero attached hydrogens (tertiary/aromatic N) is 4. The topological polar surface area (TPSA) is 79.8 Å². The minimum atomic E-state index is -0.138. The number of fused-ring (bicyclic) bond motifs is 1. The van der Waals surface area contributed by atoms with Gasteiger partial charge in [-0.05, 0) is 53.9 Å². The van der Waals surface area contributed by atoms with Gasteiger partial charge in [-0.15, -0.1) is 0 Å². The third-order valence-electron chi connectivity index (χ3n) is 7.17. The molecule has 41 heavy (non-hydrogen) atoms. The molecule has 210 valence electrons. The van der Waals surface area contributed by atoms with E-state index in [0.717, 1.165) is 48.9 Å². The quantitative estimate of drug-likeness (QED) is 0.159. The van der Waals surface area contributed by atoms with Crippen LogP contribution >= 0.6 is 23.4 Å². The Bertz CT molecular complexity index is 1560. The summed E-state index contributed by atoms with van der Waals surface area (Å²) >= 11 is 7.92. The van der Waals surface area contributed by atoms with Crippen molar-refractivity contribution in [3.05, 3.63) is 100 Å². The second-order valence-electron chi connectivity index (χ2n) is 9.95. The fourth-order valence-electron chi connectivity index (χ4n) is 4.99. The highest BCUT2D eigenvalue weighted by molar-refractivity contribution is 7.98. The van der Waals surface area contributed by atoms with Crippen LogP contribution in [0.15, 0.2) is 78.0 Å². The zero-order chi connectivity index (χ0) is 28.2. The number of aryl methyl sites for hydroxylation is 1. The van der Waals surface area contributed by atoms with Crippen LogP contribution in [0.4, 0.5) is 11.5 Å². The van der Waals surface area contributed by atoms with E-state index in [-0.39, 0.29) is 12.7 Å². The Balaban J connectivity index is 1.05. The van der Waals surface area contributed by atoms with Crippen LogP contribution in [0.3, 0.4) is 0 Å². The van der Waals surface area contributed by atoms with Crippen molar-refractivity contribution >= 4 is 40.8 Å². The number of hydrogen-bond donors (Lipinski definition) is 1. The van der Waals surface area contributed by atoms with E-state index < -0.39 is 0 Å². The first kappa shape index (κ1) is 27.2. The molecule has 0 radical (unpaired) electrons. The monoisotopic (exact) mass is 587 g/mol. The molecular weight excluding hydrogens is 558 g/mol. The van der Waals surface area contributed by atoms with Gasteiger partial charge in [0, 0.05) is 55.8 Å². The summed E-state index contributed by atoms with van der Waals surface area (Å²) in [5.41, 5.74) is 5.12. The van der Waals surface area contributed by atoms with Crippen LogP contribution in [-0.2, 0) is 12.3 Å². The highest BCUT2D eigenvalue weighted by Gasteiger charge is 2.21. The number of carbonyl (C=O) groups excluding carboxylic acids is 1. The first-order chi connectivity index (χ1) is 20.0. The van der Waals surface area contributed by atoms with Crippen LogP contribution in [0.1, 0.15) is 27.0 Å². The lowest BCUT2D eigenvalue weighted by Gasteiger charge is -2.37. The van der Waals surface area contributed by atoms with Crippen LogP contribution < -0.4 is 24.6 Å². The Morgan fingerprint density at radius 1 is 0.902 bits per heavy atom. The van der Waals surface area contributed by atoms with Gasteiger partial charge in [-0.1, -0.05) is 59.8 Å². The average molecular weight is 588 g/mol. The third-order valence-corrected chi connectivity index (χ3v) is 8.28. The summed E-state index contributed by atoms with van der Waals surface area (Å²) in [6, 6.07) is 23.6. The second-order valence-corrected chi connectivity index (χ2v) is 11.3. The Labute approximate surface area is 248 Å². The summed E-state index contributed by atoms with van der Waals surface area (Å²) in [6.45, 7) is 6.32. The maximum absolute atomic E-state index is 12.8. The molecule has 1 amide bonds. The molecule has 3 aromatic carbocycles. The summed E-state index contributed by atoms with van der Waals surface area (Å²) in [6.07, 6.45) is 0. The zero-order valence-corrected chi connectivity index (χ0v) is 24.3. The van der Waals surface area contributed by atoms with Crippen LogP contribution in [0.2, 0.25) is 5.15 Å². The molecule has 1 saturated heterocycles. The number of halogens is 1. The number of piperazine rings is 1. The SMILES string of the molecule is Cc1ccccc1N1CCN(c2cc(Cl)nc(SCc3cccc(C(=O)NCc4ccc5c(c4)OCO5)c3)n2)CC1. The normalized spacial score (nSPS) is 14.3. The zero-order valence-electron chi connectivity index (χ0n) is 22.7. The molecule has 0 saturated carbocycles. The lowest BCUT2D eigenvalue weighted by Crippen LogP contribution is -2.47. The van der Waals surface area contributed by atoms with E-state index >= 15 is 0 Å². The van der Waals surface area contributed by atoms with Gasteiger partial charge in [0.05, 0.1) is 0 Å². The number of thioether (sulfide) groups is 1. The number of para-hydroxylation sites is 1. The molecule has 6 rings (SSSR count). The molecule has 0 unspecified atom stereocenters. The molecule has 2 aliphatic rings. The lowest BCUT2D eigenvalue weighted by molar-refractivity contribution is 0.0950. The van der Waals surface area contributed by atoms with Crippen molar-refractivity contribution in [3.63, 3.8) is 0 Å². The highest BCUT2D eigenvalue weighted by Crippen LogP contribution is 2.32. The largest absolute Gasteiger partial charge is 0.454 e. The minimum Gasteiger partial charge on any atom is -0.454 e. The first-order valence-electron chi connectivity index (χ1n) is 13.5. The summed E-state index contributed by atoms with van der Waals surface area (Å²) in [7, 11) is 0. The third kappa shape index (κ3) is 6.52. The van der Waals surface area contributed by atoms with Crippen molar-refractivity contribution < 1.29 is 14.3 Å². The van der Waals surface area contributed by atoms with Gasteiger partial charge in [0.25, 0.3) is 5.91 Å². The fourth-order valence-corrected chi connectivity index (χ4v) is 6.02. The predicted octanol–water partition coefficient (Wildman–Crippen LogP) is 5.72. The number of nitrogens with one attached hydrogen (secondary N) is 1. The number of rotatable bonds is 8. The Hall–Kier alpha value is -3.95. The lowest BCUT2D eigenvalue weighted by atomic mass is 10.1. The Morgan fingerprint density at radius 3 is 2.56 bits per heavy atom. The molecule has 2 aliphatic heterocycles. The summed E-state index contributed by atoms with van der Waals surface area (Å²) in [5, 5.41) is 4.03. The van der Waals surface area contributed by atoms with Gasteiger partial charge in [0.2, 0.25) is 6.79 Å². The molecule has 0 aliphatic carbocycles. The first-order valence-corrected chi connectivity index (χ1v) is 14.9. The summed E-state index contributed by atoms with van der Waals surface area (Å²) < 4.78 is 10.8. The number of hydrogen-bond acceptors (Lipinski definition) is 8. The van der Waals surface area contributed by atoms with E-state index in [9.17, 15) is 4.79 Å². The van der Waals surface area contributed by atoms with Crippen molar-refractivity contribution in [2.45, 2.75) is 24.4 Å². The summed E-state index contributed by atoms with van der Waals surface area (Å²) in [5.74, 6) is 2.74. The summed E-state index contributed by atoms with van der Waals surface area (Å²) in [4.78, 5) is 26.8. The molecule has 1 N–H and O–H groups in total. The van der Waals surface area contributed by atoms with E-state index in [1.807, 2.05) is 48.5 Å². The van der Waals surface area contributed by atoms with Crippen molar-refractivity contribution in [1.29, 1.82) is 0 Å². The predicted molar refractivity (Wildman–Crippen MR) is 162 cm³/mol. The van der Waals surface area contributed by atoms with Gasteiger partial charge in [-0.2, -0.15) is 0 Å². The van der Waals surface area contributed by atoms with Crippen molar-refractivity contribution in [2.75, 3.05) is 42.8 Å². The molecule has 10 heteroatoms. The van der Waals surface area contributed by atoms with Gasteiger partial charge < -0.3 is 24.6 Å². The highest BCUT2D eigenvalue weighted by atomic mass is 35.5. The Kier molecular flexibility index (Phi) is 8.16. The average Bonchev–Trinajstić information content (AvgIpc) is 3.47. The van der Waals surface area contributed by atoms with Crippen molar-refractivity contribution in [3.8, 4) is 11.5 Å². The molecule has 0 spiro atoms. The van der Waals surface area contributed by atoms with Crippen molar-refractivity contribution in [2.24, 2.45) is 0 Å². The molecule has 1 fully saturated rings. The maximum atomic E-state index is 12.8. The van der Waals surface area contributed by atoms with Crippen LogP contribution in [-0.4, -0.2) is 48.8 Å². The van der Waals surface area contributed by atoms with E-state index in [2.05, 4.69) is 51.3 Å². The number of carbonyl (C=O) groups is 1. The van der Waals surface area contributed by atoms with E-state index in [1.54, 1.807) is 0 Å². The number of ether oxygens (including phenoxy) is 2. The van der Waals surface area contributed by atoms with Gasteiger partial charge >= 0.3 is 0 Å².